The summed E-state index contributed by atoms with van der Waals surface area (Å²) in [6, 6.07) is 0.437. The standard InChI is InChI=1S/C12H22N4OS2/c1-5-8(6-18-4)15-11(17)9-10(13)16-12(19-9)14-7(2)3/h7-8H,5-6,13H2,1-4H3,(H,14,16)(H,15,17). The van der Waals surface area contributed by atoms with Crippen molar-refractivity contribution in [2.24, 2.45) is 0 Å². The second-order valence-electron chi connectivity index (χ2n) is 4.57. The fourth-order valence-electron chi connectivity index (χ4n) is 1.52. The van der Waals surface area contributed by atoms with Gasteiger partial charge in [0.05, 0.1) is 0 Å². The van der Waals surface area contributed by atoms with Crippen LogP contribution in [0, 0.1) is 0 Å². The summed E-state index contributed by atoms with van der Waals surface area (Å²) in [6.07, 6.45) is 2.93. The van der Waals surface area contributed by atoms with Crippen LogP contribution in [0.1, 0.15) is 36.9 Å². The lowest BCUT2D eigenvalue weighted by molar-refractivity contribution is 0.0945. The first-order valence-corrected chi connectivity index (χ1v) is 8.51. The maximum absolute atomic E-state index is 12.2. The maximum atomic E-state index is 12.2. The quantitative estimate of drug-likeness (QED) is 0.721. The normalized spacial score (nSPS) is 12.5. The van der Waals surface area contributed by atoms with Crippen LogP contribution in [0.4, 0.5) is 10.9 Å². The highest BCUT2D eigenvalue weighted by atomic mass is 32.2. The molecule has 0 fully saturated rings. The Morgan fingerprint density at radius 1 is 1.53 bits per heavy atom. The summed E-state index contributed by atoms with van der Waals surface area (Å²) in [5, 5.41) is 6.84. The number of thioether (sulfide) groups is 1. The van der Waals surface area contributed by atoms with E-state index in [0.717, 1.165) is 12.2 Å². The molecule has 0 saturated heterocycles. The van der Waals surface area contributed by atoms with Crippen LogP contribution in [0.5, 0.6) is 0 Å². The number of hydrogen-bond donors (Lipinski definition) is 3. The van der Waals surface area contributed by atoms with Crippen molar-refractivity contribution in [3.05, 3.63) is 4.88 Å². The average Bonchev–Trinajstić information content (AvgIpc) is 2.68. The van der Waals surface area contributed by atoms with Gasteiger partial charge >= 0.3 is 0 Å². The molecular weight excluding hydrogens is 280 g/mol. The number of anilines is 2. The lowest BCUT2D eigenvalue weighted by Crippen LogP contribution is -2.36. The summed E-state index contributed by atoms with van der Waals surface area (Å²) in [4.78, 5) is 16.8. The van der Waals surface area contributed by atoms with Gasteiger partial charge in [0.25, 0.3) is 5.91 Å². The molecule has 0 aliphatic carbocycles. The Kier molecular flexibility index (Phi) is 6.44. The molecule has 1 unspecified atom stereocenters. The number of nitrogens with one attached hydrogen (secondary N) is 2. The zero-order valence-corrected chi connectivity index (χ0v) is 13.5. The molecule has 0 spiro atoms. The Morgan fingerprint density at radius 3 is 2.74 bits per heavy atom. The van der Waals surface area contributed by atoms with Crippen molar-refractivity contribution in [2.75, 3.05) is 23.1 Å². The van der Waals surface area contributed by atoms with Crippen LogP contribution in [0.15, 0.2) is 0 Å². The molecule has 108 valence electrons. The molecule has 1 rings (SSSR count). The summed E-state index contributed by atoms with van der Waals surface area (Å²) in [7, 11) is 0. The van der Waals surface area contributed by atoms with Gasteiger partial charge in [0.1, 0.15) is 10.7 Å². The lowest BCUT2D eigenvalue weighted by atomic mass is 10.2. The van der Waals surface area contributed by atoms with Gasteiger partial charge in [0.2, 0.25) is 0 Å². The van der Waals surface area contributed by atoms with E-state index >= 15 is 0 Å². The van der Waals surface area contributed by atoms with E-state index in [1.807, 2.05) is 20.1 Å². The van der Waals surface area contributed by atoms with E-state index in [4.69, 9.17) is 5.73 Å². The predicted octanol–water partition coefficient (Wildman–Crippen LogP) is 2.42. The summed E-state index contributed by atoms with van der Waals surface area (Å²) in [6.45, 7) is 6.09. The number of carbonyl (C=O) groups excluding carboxylic acids is 1. The van der Waals surface area contributed by atoms with Crippen LogP contribution in [-0.4, -0.2) is 35.0 Å². The number of nitrogens with zero attached hydrogens (tertiary/aromatic N) is 1. The maximum Gasteiger partial charge on any atom is 0.265 e. The lowest BCUT2D eigenvalue weighted by Gasteiger charge is -2.14. The monoisotopic (exact) mass is 302 g/mol. The third-order valence-corrected chi connectivity index (χ3v) is 4.20. The number of thiazole rings is 1. The van der Waals surface area contributed by atoms with Crippen LogP contribution in [0.2, 0.25) is 0 Å². The molecule has 0 aromatic carbocycles. The molecule has 1 aromatic heterocycles. The van der Waals surface area contributed by atoms with Crippen molar-refractivity contribution in [1.82, 2.24) is 10.3 Å². The smallest absolute Gasteiger partial charge is 0.265 e. The van der Waals surface area contributed by atoms with Gasteiger partial charge in [-0.2, -0.15) is 11.8 Å². The number of nitrogen functional groups attached to an aromatic ring is 1. The summed E-state index contributed by atoms with van der Waals surface area (Å²) < 4.78 is 0. The van der Waals surface area contributed by atoms with Crippen molar-refractivity contribution in [2.45, 2.75) is 39.3 Å². The molecule has 0 bridgehead atoms. The van der Waals surface area contributed by atoms with Crippen LogP contribution in [-0.2, 0) is 0 Å². The van der Waals surface area contributed by atoms with Gasteiger partial charge < -0.3 is 16.4 Å². The van der Waals surface area contributed by atoms with E-state index in [2.05, 4.69) is 22.5 Å². The second-order valence-corrected chi connectivity index (χ2v) is 6.48. The zero-order valence-electron chi connectivity index (χ0n) is 11.8. The highest BCUT2D eigenvalue weighted by Gasteiger charge is 2.19. The van der Waals surface area contributed by atoms with Crippen molar-refractivity contribution in [1.29, 1.82) is 0 Å². The first-order chi connectivity index (χ1) is 8.97. The van der Waals surface area contributed by atoms with E-state index < -0.39 is 0 Å². The summed E-state index contributed by atoms with van der Waals surface area (Å²) in [5.74, 6) is 1.07. The number of aromatic nitrogens is 1. The predicted molar refractivity (Wildman–Crippen MR) is 85.2 cm³/mol. The van der Waals surface area contributed by atoms with Crippen molar-refractivity contribution in [3.63, 3.8) is 0 Å². The molecule has 4 N–H and O–H groups in total. The van der Waals surface area contributed by atoms with Gasteiger partial charge in [-0.1, -0.05) is 18.3 Å². The van der Waals surface area contributed by atoms with Gasteiger partial charge in [-0.05, 0) is 26.5 Å². The number of carbonyl (C=O) groups is 1. The van der Waals surface area contributed by atoms with Crippen LogP contribution in [0.3, 0.4) is 0 Å². The van der Waals surface area contributed by atoms with Gasteiger partial charge in [0.15, 0.2) is 5.13 Å². The largest absolute Gasteiger partial charge is 0.382 e. The Hall–Kier alpha value is -0.950. The van der Waals surface area contributed by atoms with Crippen LogP contribution in [0.25, 0.3) is 0 Å². The fraction of sp³-hybridized carbons (Fsp3) is 0.667. The molecule has 0 radical (unpaired) electrons. The SMILES string of the molecule is CCC(CSC)NC(=O)c1sc(NC(C)C)nc1N. The van der Waals surface area contributed by atoms with Gasteiger partial charge in [-0.25, -0.2) is 4.98 Å². The third-order valence-electron chi connectivity index (χ3n) is 2.47. The molecule has 19 heavy (non-hydrogen) atoms. The van der Waals surface area contributed by atoms with Gasteiger partial charge in [-0.3, -0.25) is 4.79 Å². The van der Waals surface area contributed by atoms with E-state index in [-0.39, 0.29) is 18.0 Å². The second kappa shape index (κ2) is 7.59. The molecule has 1 heterocycles. The molecule has 0 saturated carbocycles. The number of hydrogen-bond acceptors (Lipinski definition) is 6. The van der Waals surface area contributed by atoms with E-state index in [0.29, 0.717) is 15.8 Å². The molecule has 0 aliphatic heterocycles. The molecule has 0 aliphatic rings. The molecular formula is C12H22N4OS2. The molecule has 5 nitrogen and oxygen atoms in total. The first kappa shape index (κ1) is 16.1. The number of nitrogens with two attached hydrogens (primary N) is 1. The highest BCUT2D eigenvalue weighted by Crippen LogP contribution is 2.25. The molecule has 1 amide bonds. The topological polar surface area (TPSA) is 80.0 Å². The molecule has 7 heteroatoms. The van der Waals surface area contributed by atoms with Gasteiger partial charge in [-0.15, -0.1) is 0 Å². The minimum absolute atomic E-state index is 0.132. The van der Waals surface area contributed by atoms with E-state index in [1.165, 1.54) is 11.3 Å². The number of amides is 1. The Labute approximate surface area is 122 Å². The van der Waals surface area contributed by atoms with Crippen LogP contribution < -0.4 is 16.4 Å². The summed E-state index contributed by atoms with van der Waals surface area (Å²) >= 11 is 3.02. The Balaban J connectivity index is 2.73. The Morgan fingerprint density at radius 2 is 2.21 bits per heavy atom. The Bertz CT molecular complexity index is 420. The fourth-order valence-corrected chi connectivity index (χ4v) is 3.17. The van der Waals surface area contributed by atoms with Crippen molar-refractivity contribution < 1.29 is 4.79 Å². The first-order valence-electron chi connectivity index (χ1n) is 6.30. The van der Waals surface area contributed by atoms with Crippen molar-refractivity contribution in [3.8, 4) is 0 Å². The number of rotatable bonds is 7. The third kappa shape index (κ3) is 4.91. The summed E-state index contributed by atoms with van der Waals surface area (Å²) in [5.41, 5.74) is 5.80. The van der Waals surface area contributed by atoms with Crippen LogP contribution >= 0.6 is 23.1 Å². The van der Waals surface area contributed by atoms with Crippen molar-refractivity contribution >= 4 is 40.0 Å². The zero-order chi connectivity index (χ0) is 14.4. The molecule has 1 aromatic rings. The van der Waals surface area contributed by atoms with Gasteiger partial charge in [0, 0.05) is 17.8 Å². The average molecular weight is 302 g/mol. The molecule has 1 atom stereocenters. The minimum Gasteiger partial charge on any atom is -0.382 e. The van der Waals surface area contributed by atoms with E-state index in [1.54, 1.807) is 11.8 Å². The highest BCUT2D eigenvalue weighted by molar-refractivity contribution is 7.98. The van der Waals surface area contributed by atoms with E-state index in [9.17, 15) is 4.79 Å². The minimum atomic E-state index is -0.132.